The van der Waals surface area contributed by atoms with Gasteiger partial charge in [0.1, 0.15) is 23.9 Å². The minimum atomic E-state index is -1.60. The SMILES string of the molecule is NC(=O)CC(N)C(=O)NC(Cc1ccc(O)cc1)C(=O)NC(Cc1ccccc1)C(=O)NC(CO)C(=O)O. The molecule has 0 heterocycles. The van der Waals surface area contributed by atoms with Crippen molar-refractivity contribution >= 4 is 29.6 Å². The lowest BCUT2D eigenvalue weighted by Gasteiger charge is -2.25. The zero-order chi connectivity index (χ0) is 28.2. The summed E-state index contributed by atoms with van der Waals surface area (Å²) in [6.45, 7) is -0.871. The summed E-state index contributed by atoms with van der Waals surface area (Å²) in [6.07, 6.45) is -0.567. The van der Waals surface area contributed by atoms with Crippen LogP contribution in [0, 0.1) is 0 Å². The first kappa shape index (κ1) is 29.7. The molecule has 10 N–H and O–H groups in total. The Kier molecular flexibility index (Phi) is 11.2. The van der Waals surface area contributed by atoms with Gasteiger partial charge in [0.25, 0.3) is 0 Å². The number of carbonyl (C=O) groups excluding carboxylic acids is 4. The van der Waals surface area contributed by atoms with Gasteiger partial charge in [-0.15, -0.1) is 0 Å². The summed E-state index contributed by atoms with van der Waals surface area (Å²) in [4.78, 5) is 61.3. The van der Waals surface area contributed by atoms with Gasteiger partial charge in [-0.1, -0.05) is 42.5 Å². The highest BCUT2D eigenvalue weighted by Gasteiger charge is 2.30. The Balaban J connectivity index is 2.30. The first-order chi connectivity index (χ1) is 18.0. The average molecular weight is 530 g/mol. The van der Waals surface area contributed by atoms with Crippen molar-refractivity contribution in [3.63, 3.8) is 0 Å². The predicted octanol–water partition coefficient (Wildman–Crippen LogP) is -2.09. The molecule has 0 aliphatic carbocycles. The van der Waals surface area contributed by atoms with Crippen LogP contribution in [0.5, 0.6) is 5.75 Å². The van der Waals surface area contributed by atoms with Gasteiger partial charge in [-0.3, -0.25) is 19.2 Å². The number of aliphatic carboxylic acids is 1. The Bertz CT molecular complexity index is 1130. The number of aliphatic hydroxyl groups excluding tert-OH is 1. The lowest BCUT2D eigenvalue weighted by atomic mass is 10.0. The monoisotopic (exact) mass is 529 g/mol. The van der Waals surface area contributed by atoms with Gasteiger partial charge in [0.05, 0.1) is 19.1 Å². The minimum absolute atomic E-state index is 0.0151. The van der Waals surface area contributed by atoms with Gasteiger partial charge >= 0.3 is 5.97 Å². The van der Waals surface area contributed by atoms with E-state index in [1.54, 1.807) is 30.3 Å². The minimum Gasteiger partial charge on any atom is -0.508 e. The number of nitrogens with two attached hydrogens (primary N) is 2. The van der Waals surface area contributed by atoms with Gasteiger partial charge in [-0.2, -0.15) is 0 Å². The third-order valence-corrected chi connectivity index (χ3v) is 5.48. The fourth-order valence-electron chi connectivity index (χ4n) is 3.45. The largest absolute Gasteiger partial charge is 0.508 e. The second kappa shape index (κ2) is 14.3. The summed E-state index contributed by atoms with van der Waals surface area (Å²) in [5.41, 5.74) is 12.0. The van der Waals surface area contributed by atoms with E-state index in [1.807, 2.05) is 0 Å². The van der Waals surface area contributed by atoms with Crippen LogP contribution in [0.15, 0.2) is 54.6 Å². The zero-order valence-corrected chi connectivity index (χ0v) is 20.4. The normalized spacial score (nSPS) is 13.8. The second-order valence-corrected chi connectivity index (χ2v) is 8.54. The van der Waals surface area contributed by atoms with E-state index in [4.69, 9.17) is 11.5 Å². The topological polar surface area (TPSA) is 234 Å². The molecule has 38 heavy (non-hydrogen) atoms. The lowest BCUT2D eigenvalue weighted by molar-refractivity contribution is -0.143. The smallest absolute Gasteiger partial charge is 0.328 e. The van der Waals surface area contributed by atoms with Crippen LogP contribution in [0.1, 0.15) is 17.5 Å². The molecule has 4 atom stereocenters. The summed E-state index contributed by atoms with van der Waals surface area (Å²) in [7, 11) is 0. The number of amides is 4. The second-order valence-electron chi connectivity index (χ2n) is 8.54. The number of carboxylic acids is 1. The molecule has 0 aromatic heterocycles. The van der Waals surface area contributed by atoms with Crippen molar-refractivity contribution < 1.29 is 39.3 Å². The predicted molar refractivity (Wildman–Crippen MR) is 134 cm³/mol. The van der Waals surface area contributed by atoms with Gasteiger partial charge < -0.3 is 42.7 Å². The summed E-state index contributed by atoms with van der Waals surface area (Å²) in [6, 6.07) is 8.93. The van der Waals surface area contributed by atoms with Crippen LogP contribution >= 0.6 is 0 Å². The van der Waals surface area contributed by atoms with Crippen LogP contribution < -0.4 is 27.4 Å². The van der Waals surface area contributed by atoms with Crippen molar-refractivity contribution in [1.29, 1.82) is 0 Å². The van der Waals surface area contributed by atoms with Gasteiger partial charge in [-0.05, 0) is 23.3 Å². The number of primary amides is 1. The summed E-state index contributed by atoms with van der Waals surface area (Å²) in [5.74, 6) is -4.81. The van der Waals surface area contributed by atoms with Crippen molar-refractivity contribution in [2.75, 3.05) is 6.61 Å². The molecule has 4 unspecified atom stereocenters. The number of nitrogens with one attached hydrogen (secondary N) is 3. The van der Waals surface area contributed by atoms with Gasteiger partial charge in [0, 0.05) is 12.8 Å². The first-order valence-corrected chi connectivity index (χ1v) is 11.6. The first-order valence-electron chi connectivity index (χ1n) is 11.6. The highest BCUT2D eigenvalue weighted by Crippen LogP contribution is 2.12. The van der Waals surface area contributed by atoms with Crippen LogP contribution in [0.2, 0.25) is 0 Å². The van der Waals surface area contributed by atoms with Crippen molar-refractivity contribution in [1.82, 2.24) is 16.0 Å². The van der Waals surface area contributed by atoms with Crippen LogP contribution in [0.3, 0.4) is 0 Å². The molecule has 13 heteroatoms. The lowest BCUT2D eigenvalue weighted by Crippen LogP contribution is -2.58. The highest BCUT2D eigenvalue weighted by atomic mass is 16.4. The maximum atomic E-state index is 13.3. The maximum Gasteiger partial charge on any atom is 0.328 e. The fraction of sp³-hybridized carbons (Fsp3) is 0.320. The number of rotatable bonds is 14. The fourth-order valence-corrected chi connectivity index (χ4v) is 3.45. The van der Waals surface area contributed by atoms with Crippen molar-refractivity contribution in [3.8, 4) is 5.75 Å². The molecule has 0 radical (unpaired) electrons. The molecule has 204 valence electrons. The van der Waals surface area contributed by atoms with Crippen LogP contribution in [-0.2, 0) is 36.8 Å². The molecule has 0 saturated heterocycles. The number of aromatic hydroxyl groups is 1. The molecule has 0 saturated carbocycles. The van der Waals surface area contributed by atoms with Crippen molar-refractivity contribution in [2.45, 2.75) is 43.4 Å². The number of carboxylic acid groups (broad SMARTS) is 1. The molecule has 2 aromatic carbocycles. The van der Waals surface area contributed by atoms with Gasteiger partial charge in [0.2, 0.25) is 23.6 Å². The van der Waals surface area contributed by atoms with Crippen LogP contribution in [0.25, 0.3) is 0 Å². The number of benzene rings is 2. The van der Waals surface area contributed by atoms with Gasteiger partial charge in [0.15, 0.2) is 0 Å². The van der Waals surface area contributed by atoms with Crippen LogP contribution in [-0.4, -0.2) is 75.7 Å². The molecule has 0 fully saturated rings. The highest BCUT2D eigenvalue weighted by molar-refractivity contribution is 5.95. The molecule has 2 rings (SSSR count). The van der Waals surface area contributed by atoms with E-state index in [0.717, 1.165) is 0 Å². The quantitative estimate of drug-likeness (QED) is 0.134. The van der Waals surface area contributed by atoms with Crippen LogP contribution in [0.4, 0.5) is 0 Å². The third-order valence-electron chi connectivity index (χ3n) is 5.48. The third kappa shape index (κ3) is 9.52. The molecule has 2 aromatic rings. The number of phenolic OH excluding ortho intramolecular Hbond substituents is 1. The maximum absolute atomic E-state index is 13.3. The Morgan fingerprint density at radius 2 is 1.21 bits per heavy atom. The molecular formula is C25H31N5O8. The standard InChI is InChI=1S/C25H31N5O8/c26-17(12-21(27)33)22(34)28-18(11-15-6-8-16(32)9-7-15)23(35)29-19(10-14-4-2-1-3-5-14)24(36)30-20(13-31)25(37)38/h1-9,17-20,31-32H,10-13,26H2,(H2,27,33)(H,28,34)(H,29,35)(H,30,36)(H,37,38). The number of carbonyl (C=O) groups is 5. The molecule has 0 spiro atoms. The zero-order valence-electron chi connectivity index (χ0n) is 20.4. The Labute approximate surface area is 218 Å². The van der Waals surface area contributed by atoms with E-state index in [-0.39, 0.29) is 18.6 Å². The van der Waals surface area contributed by atoms with E-state index in [9.17, 15) is 39.3 Å². The number of aliphatic hydroxyl groups is 1. The number of hydrogen-bond acceptors (Lipinski definition) is 8. The number of hydrogen-bond donors (Lipinski definition) is 8. The molecular weight excluding hydrogens is 498 g/mol. The Morgan fingerprint density at radius 1 is 0.737 bits per heavy atom. The van der Waals surface area contributed by atoms with E-state index >= 15 is 0 Å². The Hall–Kier alpha value is -4.49. The Morgan fingerprint density at radius 3 is 1.68 bits per heavy atom. The molecule has 0 aliphatic heterocycles. The summed E-state index contributed by atoms with van der Waals surface area (Å²) in [5, 5.41) is 35.2. The van der Waals surface area contributed by atoms with Crippen molar-refractivity contribution in [2.24, 2.45) is 11.5 Å². The molecule has 0 aliphatic rings. The molecule has 0 bridgehead atoms. The van der Waals surface area contributed by atoms with E-state index in [2.05, 4.69) is 16.0 Å². The van der Waals surface area contributed by atoms with E-state index in [1.165, 1.54) is 24.3 Å². The average Bonchev–Trinajstić information content (AvgIpc) is 2.87. The summed E-state index contributed by atoms with van der Waals surface area (Å²) >= 11 is 0. The van der Waals surface area contributed by atoms with Crippen molar-refractivity contribution in [3.05, 3.63) is 65.7 Å². The summed E-state index contributed by atoms with van der Waals surface area (Å²) < 4.78 is 0. The van der Waals surface area contributed by atoms with Gasteiger partial charge in [-0.25, -0.2) is 4.79 Å². The van der Waals surface area contributed by atoms with E-state index < -0.39 is 66.8 Å². The molecule has 13 nitrogen and oxygen atoms in total. The van der Waals surface area contributed by atoms with E-state index in [0.29, 0.717) is 11.1 Å². The molecule has 4 amide bonds. The number of phenols is 1.